The Morgan fingerprint density at radius 1 is 1.38 bits per heavy atom. The van der Waals surface area contributed by atoms with Crippen LogP contribution in [-0.4, -0.2) is 28.2 Å². The van der Waals surface area contributed by atoms with Gasteiger partial charge >= 0.3 is 0 Å². The van der Waals surface area contributed by atoms with E-state index >= 15 is 0 Å². The van der Waals surface area contributed by atoms with Crippen LogP contribution in [0.2, 0.25) is 0 Å². The number of aromatic nitrogens is 2. The first kappa shape index (κ1) is 11.1. The van der Waals surface area contributed by atoms with Gasteiger partial charge in [0, 0.05) is 19.2 Å². The molecule has 5 N–H and O–H groups in total. The summed E-state index contributed by atoms with van der Waals surface area (Å²) in [5.41, 5.74) is 2.75. The number of aliphatic hydroxyl groups excluding tert-OH is 1. The van der Waals surface area contributed by atoms with Crippen LogP contribution in [0.5, 0.6) is 0 Å². The third-order valence-electron chi connectivity index (χ3n) is 3.06. The Morgan fingerprint density at radius 3 is 2.75 bits per heavy atom. The Kier molecular flexibility index (Phi) is 3.21. The van der Waals surface area contributed by atoms with E-state index in [9.17, 15) is 0 Å². The van der Waals surface area contributed by atoms with E-state index in [1.54, 1.807) is 6.07 Å². The molecule has 6 heteroatoms. The van der Waals surface area contributed by atoms with Crippen molar-refractivity contribution >= 4 is 11.6 Å². The first-order valence-electron chi connectivity index (χ1n) is 5.41. The monoisotopic (exact) mass is 223 g/mol. The van der Waals surface area contributed by atoms with Gasteiger partial charge < -0.3 is 15.8 Å². The van der Waals surface area contributed by atoms with E-state index in [4.69, 9.17) is 10.9 Å². The highest BCUT2D eigenvalue weighted by molar-refractivity contribution is 5.45. The Morgan fingerprint density at radius 2 is 2.12 bits per heavy atom. The quantitative estimate of drug-likeness (QED) is 0.410. The van der Waals surface area contributed by atoms with E-state index in [0.717, 1.165) is 18.8 Å². The van der Waals surface area contributed by atoms with Gasteiger partial charge in [0.05, 0.1) is 0 Å². The molecule has 0 aliphatic heterocycles. The van der Waals surface area contributed by atoms with Crippen LogP contribution in [0.4, 0.5) is 11.6 Å². The van der Waals surface area contributed by atoms with Crippen LogP contribution in [0.15, 0.2) is 12.4 Å². The van der Waals surface area contributed by atoms with Gasteiger partial charge in [0.25, 0.3) is 0 Å². The van der Waals surface area contributed by atoms with Crippen molar-refractivity contribution in [2.75, 3.05) is 23.9 Å². The Hall–Kier alpha value is -1.40. The standard InChI is InChI=1S/C10H17N5O/c11-15-9-5-8(13-7-14-9)12-6-10(1-2-10)3-4-16/h5,7,16H,1-4,6,11H2,(H2,12,13,14,15). The highest BCUT2D eigenvalue weighted by Gasteiger charge is 2.41. The van der Waals surface area contributed by atoms with Crippen LogP contribution in [0.3, 0.4) is 0 Å². The zero-order valence-corrected chi connectivity index (χ0v) is 9.11. The molecule has 6 nitrogen and oxygen atoms in total. The molecule has 0 bridgehead atoms. The first-order valence-corrected chi connectivity index (χ1v) is 5.41. The number of nitrogens with two attached hydrogens (primary N) is 1. The fourth-order valence-electron chi connectivity index (χ4n) is 1.74. The van der Waals surface area contributed by atoms with Crippen molar-refractivity contribution in [3.63, 3.8) is 0 Å². The van der Waals surface area contributed by atoms with Gasteiger partial charge in [0.2, 0.25) is 0 Å². The fraction of sp³-hybridized carbons (Fsp3) is 0.600. The minimum Gasteiger partial charge on any atom is -0.396 e. The zero-order valence-electron chi connectivity index (χ0n) is 9.11. The predicted octanol–water partition coefficient (Wildman–Crippen LogP) is 0.337. The van der Waals surface area contributed by atoms with Crippen molar-refractivity contribution in [3.8, 4) is 0 Å². The normalized spacial score (nSPS) is 16.9. The maximum Gasteiger partial charge on any atom is 0.145 e. The molecule has 1 aliphatic carbocycles. The van der Waals surface area contributed by atoms with Gasteiger partial charge in [-0.15, -0.1) is 0 Å². The second-order valence-electron chi connectivity index (χ2n) is 4.26. The van der Waals surface area contributed by atoms with E-state index in [1.165, 1.54) is 19.2 Å². The van der Waals surface area contributed by atoms with E-state index in [1.807, 2.05) is 0 Å². The maximum absolute atomic E-state index is 8.94. The number of hydrazine groups is 1. The number of nitrogen functional groups attached to an aromatic ring is 1. The number of rotatable bonds is 6. The average Bonchev–Trinajstić information content (AvgIpc) is 3.08. The molecule has 1 fully saturated rings. The minimum absolute atomic E-state index is 0.251. The van der Waals surface area contributed by atoms with E-state index < -0.39 is 0 Å². The van der Waals surface area contributed by atoms with Crippen molar-refractivity contribution in [2.45, 2.75) is 19.3 Å². The molecule has 0 radical (unpaired) electrons. The molecule has 16 heavy (non-hydrogen) atoms. The maximum atomic E-state index is 8.94. The summed E-state index contributed by atoms with van der Waals surface area (Å²) in [5.74, 6) is 6.60. The molecule has 88 valence electrons. The molecule has 0 spiro atoms. The number of nitrogens with one attached hydrogen (secondary N) is 2. The molecule has 1 heterocycles. The Labute approximate surface area is 94.3 Å². The summed E-state index contributed by atoms with van der Waals surface area (Å²) in [7, 11) is 0. The fourth-order valence-corrected chi connectivity index (χ4v) is 1.74. The number of hydrogen-bond donors (Lipinski definition) is 4. The van der Waals surface area contributed by atoms with Crippen molar-refractivity contribution in [1.29, 1.82) is 0 Å². The summed E-state index contributed by atoms with van der Waals surface area (Å²) < 4.78 is 0. The molecule has 1 aromatic heterocycles. The van der Waals surface area contributed by atoms with E-state index in [0.29, 0.717) is 5.82 Å². The lowest BCUT2D eigenvalue weighted by Crippen LogP contribution is -2.18. The number of hydrogen-bond acceptors (Lipinski definition) is 6. The molecule has 0 aromatic carbocycles. The summed E-state index contributed by atoms with van der Waals surface area (Å²) in [6.45, 7) is 1.09. The topological polar surface area (TPSA) is 96.1 Å². The van der Waals surface area contributed by atoms with Crippen molar-refractivity contribution in [3.05, 3.63) is 12.4 Å². The van der Waals surface area contributed by atoms with Gasteiger partial charge in [0.1, 0.15) is 18.0 Å². The highest BCUT2D eigenvalue weighted by Crippen LogP contribution is 2.48. The number of nitrogens with zero attached hydrogens (tertiary/aromatic N) is 2. The predicted molar refractivity (Wildman–Crippen MR) is 61.7 cm³/mol. The van der Waals surface area contributed by atoms with Gasteiger partial charge in [-0.3, -0.25) is 0 Å². The van der Waals surface area contributed by atoms with Crippen LogP contribution in [0, 0.1) is 5.41 Å². The third-order valence-corrected chi connectivity index (χ3v) is 3.06. The second-order valence-corrected chi connectivity index (χ2v) is 4.26. The van der Waals surface area contributed by atoms with Crippen LogP contribution in [0.1, 0.15) is 19.3 Å². The lowest BCUT2D eigenvalue weighted by molar-refractivity contribution is 0.253. The largest absolute Gasteiger partial charge is 0.396 e. The van der Waals surface area contributed by atoms with Gasteiger partial charge in [-0.2, -0.15) is 0 Å². The molecule has 2 rings (SSSR count). The number of aliphatic hydroxyl groups is 1. The summed E-state index contributed by atoms with van der Waals surface area (Å²) in [4.78, 5) is 8.03. The zero-order chi connectivity index (χ0) is 11.4. The Bertz CT molecular complexity index is 353. The average molecular weight is 223 g/mol. The molecule has 1 saturated carbocycles. The molecule has 1 aliphatic rings. The van der Waals surface area contributed by atoms with Gasteiger partial charge in [-0.05, 0) is 24.7 Å². The lowest BCUT2D eigenvalue weighted by atomic mass is 10.0. The smallest absolute Gasteiger partial charge is 0.145 e. The first-order chi connectivity index (χ1) is 7.78. The molecule has 0 saturated heterocycles. The summed E-state index contributed by atoms with van der Waals surface area (Å²) in [6.07, 6.45) is 4.66. The van der Waals surface area contributed by atoms with Crippen molar-refractivity contribution in [2.24, 2.45) is 11.3 Å². The van der Waals surface area contributed by atoms with Crippen molar-refractivity contribution < 1.29 is 5.11 Å². The molecule has 0 atom stereocenters. The highest BCUT2D eigenvalue weighted by atomic mass is 16.3. The van der Waals surface area contributed by atoms with E-state index in [2.05, 4.69) is 20.7 Å². The van der Waals surface area contributed by atoms with Crippen LogP contribution < -0.4 is 16.6 Å². The van der Waals surface area contributed by atoms with E-state index in [-0.39, 0.29) is 12.0 Å². The molecule has 1 aromatic rings. The third kappa shape index (κ3) is 2.59. The summed E-state index contributed by atoms with van der Waals surface area (Å²) in [5, 5.41) is 12.2. The van der Waals surface area contributed by atoms with Crippen LogP contribution in [0.25, 0.3) is 0 Å². The molecular formula is C10H17N5O. The molecular weight excluding hydrogens is 206 g/mol. The Balaban J connectivity index is 1.89. The SMILES string of the molecule is NNc1cc(NCC2(CCO)CC2)ncn1. The lowest BCUT2D eigenvalue weighted by Gasteiger charge is -2.14. The minimum atomic E-state index is 0.251. The van der Waals surface area contributed by atoms with Gasteiger partial charge in [-0.1, -0.05) is 0 Å². The van der Waals surface area contributed by atoms with Crippen molar-refractivity contribution in [1.82, 2.24) is 9.97 Å². The number of anilines is 2. The molecule has 0 unspecified atom stereocenters. The van der Waals surface area contributed by atoms with Gasteiger partial charge in [0.15, 0.2) is 0 Å². The van der Waals surface area contributed by atoms with Gasteiger partial charge in [-0.25, -0.2) is 15.8 Å². The summed E-state index contributed by atoms with van der Waals surface area (Å²) in [6, 6.07) is 1.76. The second kappa shape index (κ2) is 4.63. The van der Waals surface area contributed by atoms with Crippen LogP contribution >= 0.6 is 0 Å². The summed E-state index contributed by atoms with van der Waals surface area (Å²) >= 11 is 0. The molecule has 0 amide bonds. The van der Waals surface area contributed by atoms with Crippen LogP contribution in [-0.2, 0) is 0 Å².